The quantitative estimate of drug-likeness (QED) is 0.127. The van der Waals surface area contributed by atoms with Crippen molar-refractivity contribution in [3.05, 3.63) is 232 Å². The molecular weight excluding hydrogens is 731 g/mol. The summed E-state index contributed by atoms with van der Waals surface area (Å²) in [6, 6.07) is 47.6. The number of nitrogens with zero attached hydrogens (tertiary/aromatic N) is 1. The average molecular weight is 774 g/mol. The molecule has 0 bridgehead atoms. The molecule has 0 fully saturated rings. The maximum absolute atomic E-state index is 6.36. The molecule has 60 heavy (non-hydrogen) atoms. The van der Waals surface area contributed by atoms with Crippen LogP contribution in [0, 0.1) is 0 Å². The summed E-state index contributed by atoms with van der Waals surface area (Å²) in [6.07, 6.45) is 22.3. The first-order valence-electron chi connectivity index (χ1n) is 20.7. The fraction of sp³-hybridized carbons (Fsp3) is 0.0727. The Kier molecular flexibility index (Phi) is 8.67. The van der Waals surface area contributed by atoms with E-state index in [2.05, 4.69) is 192 Å². The largest absolute Gasteiger partial charge is 0.398 e. The van der Waals surface area contributed by atoms with E-state index in [0.29, 0.717) is 0 Å². The number of para-hydroxylation sites is 1. The molecule has 1 aromatic heterocycles. The van der Waals surface area contributed by atoms with Crippen LogP contribution in [0.4, 0.5) is 17.1 Å². The first-order chi connectivity index (χ1) is 29.5. The van der Waals surface area contributed by atoms with E-state index in [1.807, 2.05) is 25.1 Å². The Morgan fingerprint density at radius 3 is 2.08 bits per heavy atom. The van der Waals surface area contributed by atoms with Crippen molar-refractivity contribution in [1.82, 2.24) is 10.3 Å². The van der Waals surface area contributed by atoms with Gasteiger partial charge in [-0.05, 0) is 98.6 Å². The monoisotopic (exact) mass is 773 g/mol. The maximum Gasteiger partial charge on any atom is 0.0716 e. The lowest BCUT2D eigenvalue weighted by atomic mass is 9.89. The Morgan fingerprint density at radius 2 is 1.28 bits per heavy atom. The summed E-state index contributed by atoms with van der Waals surface area (Å²) in [5, 5.41) is 15.1. The molecule has 5 nitrogen and oxygen atoms in total. The highest BCUT2D eigenvalue weighted by Gasteiger charge is 2.24. The van der Waals surface area contributed by atoms with Gasteiger partial charge in [0, 0.05) is 27.9 Å². The Balaban J connectivity index is 0.818. The van der Waals surface area contributed by atoms with Gasteiger partial charge >= 0.3 is 0 Å². The first kappa shape index (κ1) is 35.5. The Labute approximate surface area is 350 Å². The number of pyridine rings is 1. The Morgan fingerprint density at radius 1 is 0.583 bits per heavy atom. The number of hydrogen-bond acceptors (Lipinski definition) is 5. The van der Waals surface area contributed by atoms with Gasteiger partial charge < -0.3 is 21.7 Å². The maximum atomic E-state index is 6.36. The van der Waals surface area contributed by atoms with Crippen LogP contribution >= 0.6 is 0 Å². The number of dihydropyridines is 1. The minimum Gasteiger partial charge on any atom is -0.398 e. The summed E-state index contributed by atoms with van der Waals surface area (Å²) < 4.78 is 0. The molecular formula is C55H43N5. The van der Waals surface area contributed by atoms with Crippen molar-refractivity contribution >= 4 is 67.7 Å². The molecule has 5 heteroatoms. The number of anilines is 3. The summed E-state index contributed by atoms with van der Waals surface area (Å²) in [7, 11) is 0. The standard InChI is InChI=1S/C55H43N5/c1-2-45(46-10-6-7-11-47(46)56)51-29-23-36-13-20-44(33-53(36)58-51)49-26-22-35-12-16-42(32-52(35)57-49)40-17-18-41-31-43(21-19-39(41)30-40)50-28-25-38-15-14-37-24-27-48(34-8-4-3-5-9-34)59-54(37)55(38)60-50/h2-33,48,50,52,57,59-60H,56H2,1H3/b45-2+. The molecule has 5 N–H and O–H groups in total. The molecule has 0 amide bonds. The zero-order chi connectivity index (χ0) is 40.2. The van der Waals surface area contributed by atoms with Crippen molar-refractivity contribution in [3.63, 3.8) is 0 Å². The number of fused-ring (bicyclic) bond motifs is 6. The molecule has 3 unspecified atom stereocenters. The number of nitrogens with one attached hydrogen (secondary N) is 3. The minimum absolute atomic E-state index is 0.0551. The van der Waals surface area contributed by atoms with Crippen LogP contribution in [0.5, 0.6) is 0 Å². The van der Waals surface area contributed by atoms with Gasteiger partial charge in [0.25, 0.3) is 0 Å². The fourth-order valence-electron chi connectivity index (χ4n) is 9.01. The van der Waals surface area contributed by atoms with Crippen LogP contribution in [0.2, 0.25) is 0 Å². The molecule has 1 aliphatic carbocycles. The van der Waals surface area contributed by atoms with Crippen molar-refractivity contribution in [2.75, 3.05) is 16.4 Å². The molecule has 4 aliphatic rings. The molecule has 4 heterocycles. The van der Waals surface area contributed by atoms with Gasteiger partial charge in [0.05, 0.1) is 40.7 Å². The minimum atomic E-state index is 0.0551. The van der Waals surface area contributed by atoms with Crippen LogP contribution < -0.4 is 21.7 Å². The van der Waals surface area contributed by atoms with Crippen molar-refractivity contribution in [2.45, 2.75) is 25.0 Å². The number of benzene rings is 6. The van der Waals surface area contributed by atoms with E-state index in [-0.39, 0.29) is 18.1 Å². The number of aromatic nitrogens is 1. The smallest absolute Gasteiger partial charge is 0.0716 e. The molecule has 6 aromatic carbocycles. The molecule has 11 rings (SSSR count). The van der Waals surface area contributed by atoms with Gasteiger partial charge in [0.2, 0.25) is 0 Å². The van der Waals surface area contributed by atoms with E-state index in [1.165, 1.54) is 49.7 Å². The highest BCUT2D eigenvalue weighted by Crippen LogP contribution is 2.43. The van der Waals surface area contributed by atoms with Crippen LogP contribution in [0.15, 0.2) is 188 Å². The van der Waals surface area contributed by atoms with Gasteiger partial charge in [-0.2, -0.15) is 0 Å². The molecule has 3 atom stereocenters. The summed E-state index contributed by atoms with van der Waals surface area (Å²) in [6.45, 7) is 2.04. The van der Waals surface area contributed by atoms with E-state index in [0.717, 1.165) is 56.1 Å². The SMILES string of the molecule is C/C=C(/c1ccc2ccc(C3=CC=C4C=CC(c5ccc6cc(C7C=Cc8ccc9c(c8N7)NC(c7ccccc7)C=C9)ccc6c5)=CC4N3)cc2n1)c1ccccc1N. The van der Waals surface area contributed by atoms with Crippen LogP contribution in [0.1, 0.15) is 63.6 Å². The van der Waals surface area contributed by atoms with Crippen LogP contribution in [0.25, 0.3) is 50.7 Å². The lowest BCUT2D eigenvalue weighted by Crippen LogP contribution is -2.30. The third kappa shape index (κ3) is 6.41. The zero-order valence-electron chi connectivity index (χ0n) is 33.2. The predicted molar refractivity (Wildman–Crippen MR) is 253 cm³/mol. The van der Waals surface area contributed by atoms with Gasteiger partial charge in [-0.15, -0.1) is 0 Å². The lowest BCUT2D eigenvalue weighted by Gasteiger charge is -2.30. The second-order valence-electron chi connectivity index (χ2n) is 15.9. The second-order valence-corrected chi connectivity index (χ2v) is 15.9. The van der Waals surface area contributed by atoms with Gasteiger partial charge in [0.1, 0.15) is 0 Å². The Bertz CT molecular complexity index is 3100. The highest BCUT2D eigenvalue weighted by molar-refractivity contribution is 5.93. The van der Waals surface area contributed by atoms with Crippen LogP contribution in [-0.4, -0.2) is 11.0 Å². The average Bonchev–Trinajstić information content (AvgIpc) is 3.31. The van der Waals surface area contributed by atoms with E-state index in [9.17, 15) is 0 Å². The summed E-state index contributed by atoms with van der Waals surface area (Å²) in [4.78, 5) is 5.12. The van der Waals surface area contributed by atoms with Crippen molar-refractivity contribution in [3.8, 4) is 0 Å². The van der Waals surface area contributed by atoms with Gasteiger partial charge in [0.15, 0.2) is 0 Å². The topological polar surface area (TPSA) is 75.0 Å². The van der Waals surface area contributed by atoms with Crippen LogP contribution in [-0.2, 0) is 0 Å². The second kappa shape index (κ2) is 14.6. The molecule has 3 aliphatic heterocycles. The van der Waals surface area contributed by atoms with E-state index >= 15 is 0 Å². The van der Waals surface area contributed by atoms with Gasteiger partial charge in [-0.25, -0.2) is 4.98 Å². The number of hydrogen-bond donors (Lipinski definition) is 4. The van der Waals surface area contributed by atoms with Gasteiger partial charge in [-0.1, -0.05) is 158 Å². The van der Waals surface area contributed by atoms with Gasteiger partial charge in [-0.3, -0.25) is 0 Å². The first-order valence-corrected chi connectivity index (χ1v) is 20.7. The summed E-state index contributed by atoms with van der Waals surface area (Å²) in [5.74, 6) is 0. The molecule has 0 radical (unpaired) electrons. The molecule has 0 saturated carbocycles. The molecule has 288 valence electrons. The number of rotatable bonds is 6. The highest BCUT2D eigenvalue weighted by atomic mass is 15.0. The molecule has 0 saturated heterocycles. The summed E-state index contributed by atoms with van der Waals surface area (Å²) in [5.41, 5.74) is 24.0. The zero-order valence-corrected chi connectivity index (χ0v) is 33.2. The molecule has 7 aromatic rings. The number of allylic oxidation sites excluding steroid dienone is 5. The predicted octanol–water partition coefficient (Wildman–Crippen LogP) is 12.7. The fourth-order valence-corrected chi connectivity index (χ4v) is 9.01. The van der Waals surface area contributed by atoms with E-state index < -0.39 is 0 Å². The third-order valence-electron chi connectivity index (χ3n) is 12.3. The van der Waals surface area contributed by atoms with Crippen molar-refractivity contribution in [1.29, 1.82) is 0 Å². The van der Waals surface area contributed by atoms with Crippen LogP contribution in [0.3, 0.4) is 0 Å². The van der Waals surface area contributed by atoms with E-state index in [1.54, 1.807) is 0 Å². The normalized spacial score (nSPS) is 18.9. The van der Waals surface area contributed by atoms with Crippen molar-refractivity contribution < 1.29 is 0 Å². The number of nitrogen functional groups attached to an aromatic ring is 1. The van der Waals surface area contributed by atoms with Crippen molar-refractivity contribution in [2.24, 2.45) is 0 Å². The molecule has 0 spiro atoms. The Hall–Kier alpha value is -7.63. The number of nitrogens with two attached hydrogens (primary N) is 1. The third-order valence-corrected chi connectivity index (χ3v) is 12.3. The van der Waals surface area contributed by atoms with E-state index in [4.69, 9.17) is 10.7 Å². The lowest BCUT2D eigenvalue weighted by molar-refractivity contribution is 0.815. The summed E-state index contributed by atoms with van der Waals surface area (Å²) >= 11 is 0.